The van der Waals surface area contributed by atoms with Crippen molar-refractivity contribution in [3.8, 4) is 0 Å². The largest absolute Gasteiger partial charge is 0.481 e. The van der Waals surface area contributed by atoms with Gasteiger partial charge in [0.2, 0.25) is 0 Å². The molecule has 0 aromatic heterocycles. The Morgan fingerprint density at radius 3 is 2.00 bits per heavy atom. The standard InChI is InChI=1S/C19H26O6/c1-12(2)13(3)16(20)24-10-11-25-17(21)14-6-8-15(9-7-14)19(4,5)18(22)23/h6-9,12-13H,10-11H2,1-5H3,(H,22,23). The van der Waals surface area contributed by atoms with Crippen LogP contribution in [0.4, 0.5) is 0 Å². The molecule has 1 rings (SSSR count). The summed E-state index contributed by atoms with van der Waals surface area (Å²) in [5.41, 5.74) is -0.135. The number of hydrogen-bond donors (Lipinski definition) is 1. The zero-order valence-corrected chi connectivity index (χ0v) is 15.4. The summed E-state index contributed by atoms with van der Waals surface area (Å²) >= 11 is 0. The number of rotatable bonds is 8. The van der Waals surface area contributed by atoms with Gasteiger partial charge in [0.15, 0.2) is 0 Å². The Morgan fingerprint density at radius 1 is 1.00 bits per heavy atom. The molecule has 0 aliphatic heterocycles. The smallest absolute Gasteiger partial charge is 0.338 e. The first-order valence-corrected chi connectivity index (χ1v) is 8.25. The van der Waals surface area contributed by atoms with Crippen LogP contribution in [0.25, 0.3) is 0 Å². The Bertz CT molecular complexity index is 615. The van der Waals surface area contributed by atoms with E-state index in [1.54, 1.807) is 32.9 Å². The summed E-state index contributed by atoms with van der Waals surface area (Å²) < 4.78 is 10.1. The van der Waals surface area contributed by atoms with Gasteiger partial charge in [-0.25, -0.2) is 4.79 Å². The lowest BCUT2D eigenvalue weighted by atomic mass is 9.84. The molecule has 0 aliphatic carbocycles. The molecule has 0 spiro atoms. The second kappa shape index (κ2) is 8.65. The van der Waals surface area contributed by atoms with E-state index in [2.05, 4.69) is 0 Å². The molecule has 1 unspecified atom stereocenters. The van der Waals surface area contributed by atoms with Crippen molar-refractivity contribution in [3.05, 3.63) is 35.4 Å². The minimum Gasteiger partial charge on any atom is -0.481 e. The molecule has 1 aromatic carbocycles. The topological polar surface area (TPSA) is 89.9 Å². The lowest BCUT2D eigenvalue weighted by Crippen LogP contribution is -2.28. The van der Waals surface area contributed by atoms with E-state index in [9.17, 15) is 19.5 Å². The summed E-state index contributed by atoms with van der Waals surface area (Å²) in [6.45, 7) is 8.82. The summed E-state index contributed by atoms with van der Waals surface area (Å²) in [5, 5.41) is 9.20. The van der Waals surface area contributed by atoms with Gasteiger partial charge in [-0.2, -0.15) is 0 Å². The molecule has 0 saturated heterocycles. The zero-order chi connectivity index (χ0) is 19.2. The molecule has 0 heterocycles. The highest BCUT2D eigenvalue weighted by Gasteiger charge is 2.29. The molecule has 0 amide bonds. The summed E-state index contributed by atoms with van der Waals surface area (Å²) in [6, 6.07) is 6.23. The van der Waals surface area contributed by atoms with Gasteiger partial charge in [-0.1, -0.05) is 32.9 Å². The third-order valence-corrected chi connectivity index (χ3v) is 4.31. The van der Waals surface area contributed by atoms with E-state index >= 15 is 0 Å². The van der Waals surface area contributed by atoms with Crippen molar-refractivity contribution in [2.24, 2.45) is 11.8 Å². The maximum absolute atomic E-state index is 11.9. The van der Waals surface area contributed by atoms with Crippen LogP contribution >= 0.6 is 0 Å². The van der Waals surface area contributed by atoms with Gasteiger partial charge in [0.05, 0.1) is 16.9 Å². The molecule has 0 saturated carbocycles. The van der Waals surface area contributed by atoms with Crippen molar-refractivity contribution in [2.75, 3.05) is 13.2 Å². The van der Waals surface area contributed by atoms with Crippen molar-refractivity contribution < 1.29 is 29.0 Å². The Balaban J connectivity index is 2.51. The number of hydrogen-bond acceptors (Lipinski definition) is 5. The predicted octanol–water partition coefficient (Wildman–Crippen LogP) is 3.04. The van der Waals surface area contributed by atoms with Crippen LogP contribution in [-0.4, -0.2) is 36.2 Å². The molecule has 0 fully saturated rings. The quantitative estimate of drug-likeness (QED) is 0.572. The molecule has 0 bridgehead atoms. The number of carbonyl (C=O) groups excluding carboxylic acids is 2. The number of benzene rings is 1. The molecule has 1 N–H and O–H groups in total. The molecule has 138 valence electrons. The molecular formula is C19H26O6. The van der Waals surface area contributed by atoms with Gasteiger partial charge in [-0.05, 0) is 37.5 Å². The lowest BCUT2D eigenvalue weighted by molar-refractivity contribution is -0.150. The number of ether oxygens (including phenoxy) is 2. The maximum atomic E-state index is 11.9. The average Bonchev–Trinajstić information content (AvgIpc) is 2.57. The van der Waals surface area contributed by atoms with Gasteiger partial charge in [0.1, 0.15) is 13.2 Å². The highest BCUT2D eigenvalue weighted by atomic mass is 16.6. The average molecular weight is 350 g/mol. The van der Waals surface area contributed by atoms with Crippen molar-refractivity contribution in [1.82, 2.24) is 0 Å². The highest BCUT2D eigenvalue weighted by molar-refractivity contribution is 5.89. The Hall–Kier alpha value is -2.37. The first kappa shape index (κ1) is 20.7. The van der Waals surface area contributed by atoms with E-state index in [4.69, 9.17) is 9.47 Å². The first-order valence-electron chi connectivity index (χ1n) is 8.25. The third-order valence-electron chi connectivity index (χ3n) is 4.31. The highest BCUT2D eigenvalue weighted by Crippen LogP contribution is 2.23. The fourth-order valence-electron chi connectivity index (χ4n) is 1.91. The number of aliphatic carboxylic acids is 1. The third kappa shape index (κ3) is 5.59. The minimum atomic E-state index is -1.04. The summed E-state index contributed by atoms with van der Waals surface area (Å²) in [5.74, 6) is -1.83. The van der Waals surface area contributed by atoms with Crippen molar-refractivity contribution in [1.29, 1.82) is 0 Å². The van der Waals surface area contributed by atoms with Crippen LogP contribution in [0.15, 0.2) is 24.3 Å². The number of esters is 2. The number of carboxylic acid groups (broad SMARTS) is 1. The number of carboxylic acids is 1. The second-order valence-corrected chi connectivity index (χ2v) is 6.84. The molecule has 1 atom stereocenters. The second-order valence-electron chi connectivity index (χ2n) is 6.84. The molecule has 1 aromatic rings. The van der Waals surface area contributed by atoms with E-state index in [-0.39, 0.29) is 31.0 Å². The Kier molecular flexibility index (Phi) is 7.15. The molecule has 0 aliphatic rings. The SMILES string of the molecule is CC(C)C(C)C(=O)OCCOC(=O)c1ccc(C(C)(C)C(=O)O)cc1. The van der Waals surface area contributed by atoms with E-state index in [1.807, 2.05) is 13.8 Å². The van der Waals surface area contributed by atoms with Gasteiger partial charge >= 0.3 is 17.9 Å². The van der Waals surface area contributed by atoms with Crippen molar-refractivity contribution >= 4 is 17.9 Å². The molecule has 6 nitrogen and oxygen atoms in total. The molecule has 6 heteroatoms. The normalized spacial score (nSPS) is 12.6. The van der Waals surface area contributed by atoms with Crippen LogP contribution in [0.2, 0.25) is 0 Å². The van der Waals surface area contributed by atoms with Crippen molar-refractivity contribution in [3.63, 3.8) is 0 Å². The fourth-order valence-corrected chi connectivity index (χ4v) is 1.91. The molecule has 25 heavy (non-hydrogen) atoms. The van der Waals surface area contributed by atoms with Crippen LogP contribution in [0.3, 0.4) is 0 Å². The van der Waals surface area contributed by atoms with Gasteiger partial charge in [0, 0.05) is 0 Å². The summed E-state index contributed by atoms with van der Waals surface area (Å²) in [6.07, 6.45) is 0. The zero-order valence-electron chi connectivity index (χ0n) is 15.4. The minimum absolute atomic E-state index is 0.00572. The first-order chi connectivity index (χ1) is 11.6. The van der Waals surface area contributed by atoms with Crippen molar-refractivity contribution in [2.45, 2.75) is 40.0 Å². The van der Waals surface area contributed by atoms with Gasteiger partial charge < -0.3 is 14.6 Å². The van der Waals surface area contributed by atoms with Crippen LogP contribution < -0.4 is 0 Å². The van der Waals surface area contributed by atoms with Crippen LogP contribution in [0.5, 0.6) is 0 Å². The van der Waals surface area contributed by atoms with Crippen LogP contribution in [-0.2, 0) is 24.5 Å². The molecular weight excluding hydrogens is 324 g/mol. The van der Waals surface area contributed by atoms with E-state index in [0.29, 0.717) is 11.1 Å². The summed E-state index contributed by atoms with van der Waals surface area (Å²) in [4.78, 5) is 34.8. The van der Waals surface area contributed by atoms with Gasteiger partial charge in [-0.3, -0.25) is 9.59 Å². The fraction of sp³-hybridized carbons (Fsp3) is 0.526. The predicted molar refractivity (Wildman–Crippen MR) is 92.3 cm³/mol. The Labute approximate surface area is 148 Å². The molecule has 0 radical (unpaired) electrons. The lowest BCUT2D eigenvalue weighted by Gasteiger charge is -2.19. The number of carbonyl (C=O) groups is 3. The van der Waals surface area contributed by atoms with Gasteiger partial charge in [-0.15, -0.1) is 0 Å². The van der Waals surface area contributed by atoms with E-state index in [1.165, 1.54) is 12.1 Å². The Morgan fingerprint density at radius 2 is 1.52 bits per heavy atom. The van der Waals surface area contributed by atoms with Crippen LogP contribution in [0, 0.1) is 11.8 Å². The van der Waals surface area contributed by atoms with E-state index < -0.39 is 17.4 Å². The summed E-state index contributed by atoms with van der Waals surface area (Å²) in [7, 11) is 0. The van der Waals surface area contributed by atoms with Crippen LogP contribution in [0.1, 0.15) is 50.5 Å². The van der Waals surface area contributed by atoms with E-state index in [0.717, 1.165) is 0 Å². The maximum Gasteiger partial charge on any atom is 0.338 e. The van der Waals surface area contributed by atoms with Gasteiger partial charge in [0.25, 0.3) is 0 Å². The monoisotopic (exact) mass is 350 g/mol.